The van der Waals surface area contributed by atoms with E-state index < -0.39 is 0 Å². The molecule has 118 valence electrons. The first kappa shape index (κ1) is 17.7. The minimum atomic E-state index is -0.0528. The van der Waals surface area contributed by atoms with Gasteiger partial charge in [-0.3, -0.25) is 4.79 Å². The Bertz CT molecular complexity index is 415. The number of rotatable bonds is 9. The van der Waals surface area contributed by atoms with Crippen LogP contribution in [0.5, 0.6) is 0 Å². The summed E-state index contributed by atoms with van der Waals surface area (Å²) in [4.78, 5) is 11.9. The van der Waals surface area contributed by atoms with E-state index in [0.717, 1.165) is 18.4 Å². The van der Waals surface area contributed by atoms with Gasteiger partial charge in [0.1, 0.15) is 0 Å². The smallest absolute Gasteiger partial charge is 0.251 e. The number of benzene rings is 1. The van der Waals surface area contributed by atoms with E-state index in [1.54, 1.807) is 0 Å². The minimum Gasteiger partial charge on any atom is -0.396 e. The summed E-state index contributed by atoms with van der Waals surface area (Å²) < 4.78 is 5.52. The van der Waals surface area contributed by atoms with Crippen LogP contribution in [-0.4, -0.2) is 30.3 Å². The molecule has 2 N–H and O–H groups in total. The second-order valence-electron chi connectivity index (χ2n) is 5.74. The maximum atomic E-state index is 11.9. The number of hydrogen-bond donors (Lipinski definition) is 2. The van der Waals surface area contributed by atoms with Crippen molar-refractivity contribution in [2.75, 3.05) is 13.2 Å². The molecule has 0 aliphatic rings. The Morgan fingerprint density at radius 2 is 1.90 bits per heavy atom. The fourth-order valence-electron chi connectivity index (χ4n) is 1.86. The highest BCUT2D eigenvalue weighted by molar-refractivity contribution is 5.94. The van der Waals surface area contributed by atoms with E-state index in [0.29, 0.717) is 24.6 Å². The van der Waals surface area contributed by atoms with Crippen LogP contribution < -0.4 is 5.32 Å². The van der Waals surface area contributed by atoms with Gasteiger partial charge >= 0.3 is 0 Å². The van der Waals surface area contributed by atoms with Crippen molar-refractivity contribution >= 4 is 5.91 Å². The molecule has 0 saturated heterocycles. The number of carbonyl (C=O) groups excluding carboxylic acids is 1. The van der Waals surface area contributed by atoms with Crippen LogP contribution in [0.2, 0.25) is 0 Å². The fourth-order valence-corrected chi connectivity index (χ4v) is 1.86. The van der Waals surface area contributed by atoms with Crippen molar-refractivity contribution in [2.24, 2.45) is 5.92 Å². The van der Waals surface area contributed by atoms with E-state index in [2.05, 4.69) is 5.32 Å². The Hall–Kier alpha value is -1.39. The summed E-state index contributed by atoms with van der Waals surface area (Å²) in [5, 5.41) is 11.8. The van der Waals surface area contributed by atoms with Crippen LogP contribution in [-0.2, 0) is 11.3 Å². The number of aliphatic hydroxyl groups is 1. The molecule has 0 aliphatic carbocycles. The molecule has 4 nitrogen and oxygen atoms in total. The highest BCUT2D eigenvalue weighted by Crippen LogP contribution is 2.08. The maximum Gasteiger partial charge on any atom is 0.251 e. The average molecular weight is 293 g/mol. The number of hydrogen-bond acceptors (Lipinski definition) is 3. The highest BCUT2D eigenvalue weighted by atomic mass is 16.5. The Labute approximate surface area is 127 Å². The summed E-state index contributed by atoms with van der Waals surface area (Å²) >= 11 is 0. The zero-order valence-corrected chi connectivity index (χ0v) is 13.3. The third-order valence-electron chi connectivity index (χ3n) is 3.27. The van der Waals surface area contributed by atoms with Gasteiger partial charge in [-0.15, -0.1) is 0 Å². The molecule has 0 radical (unpaired) electrons. The SMILES string of the molecule is CC(CO)CCCNC(=O)c1ccc(COC(C)C)cc1. The van der Waals surface area contributed by atoms with Crippen LogP contribution in [0.25, 0.3) is 0 Å². The summed E-state index contributed by atoms with van der Waals surface area (Å²) in [6, 6.07) is 7.49. The third-order valence-corrected chi connectivity index (χ3v) is 3.27. The lowest BCUT2D eigenvalue weighted by molar-refractivity contribution is 0.0657. The van der Waals surface area contributed by atoms with Crippen LogP contribution in [0.1, 0.15) is 49.5 Å². The molecule has 1 aromatic carbocycles. The zero-order valence-electron chi connectivity index (χ0n) is 13.3. The molecule has 1 aromatic rings. The lowest BCUT2D eigenvalue weighted by Gasteiger charge is -2.10. The van der Waals surface area contributed by atoms with Gasteiger partial charge in [-0.05, 0) is 50.3 Å². The molecule has 0 heterocycles. The molecule has 0 aromatic heterocycles. The second kappa shape index (κ2) is 9.53. The Kier molecular flexibility index (Phi) is 8.01. The standard InChI is InChI=1S/C17H27NO3/c1-13(2)21-12-15-6-8-16(9-7-15)17(20)18-10-4-5-14(3)11-19/h6-9,13-14,19H,4-5,10-12H2,1-3H3,(H,18,20). The summed E-state index contributed by atoms with van der Waals surface area (Å²) in [5.74, 6) is 0.241. The molecule has 0 bridgehead atoms. The first-order chi connectivity index (χ1) is 10.0. The van der Waals surface area contributed by atoms with E-state index in [1.165, 1.54) is 0 Å². The normalized spacial score (nSPS) is 12.4. The molecule has 21 heavy (non-hydrogen) atoms. The quantitative estimate of drug-likeness (QED) is 0.688. The predicted molar refractivity (Wildman–Crippen MR) is 84.2 cm³/mol. The van der Waals surface area contributed by atoms with Crippen LogP contribution in [0.15, 0.2) is 24.3 Å². The lowest BCUT2D eigenvalue weighted by atomic mass is 10.1. The van der Waals surface area contributed by atoms with Gasteiger partial charge in [-0.2, -0.15) is 0 Å². The fraction of sp³-hybridized carbons (Fsp3) is 0.588. The lowest BCUT2D eigenvalue weighted by Crippen LogP contribution is -2.24. The van der Waals surface area contributed by atoms with E-state index >= 15 is 0 Å². The van der Waals surface area contributed by atoms with Crippen molar-refractivity contribution in [1.29, 1.82) is 0 Å². The molecule has 0 spiro atoms. The Morgan fingerprint density at radius 3 is 2.48 bits per heavy atom. The predicted octanol–water partition coefficient (Wildman–Crippen LogP) is 2.75. The number of ether oxygens (including phenoxy) is 1. The highest BCUT2D eigenvalue weighted by Gasteiger charge is 2.06. The van der Waals surface area contributed by atoms with Crippen LogP contribution in [0.4, 0.5) is 0 Å². The average Bonchev–Trinajstić information content (AvgIpc) is 2.49. The molecular weight excluding hydrogens is 266 g/mol. The molecule has 0 saturated carbocycles. The van der Waals surface area contributed by atoms with Gasteiger partial charge in [0, 0.05) is 18.7 Å². The molecule has 1 amide bonds. The van der Waals surface area contributed by atoms with E-state index in [1.807, 2.05) is 45.0 Å². The van der Waals surface area contributed by atoms with Gasteiger partial charge in [-0.1, -0.05) is 19.1 Å². The van der Waals surface area contributed by atoms with E-state index in [4.69, 9.17) is 9.84 Å². The largest absolute Gasteiger partial charge is 0.396 e. The van der Waals surface area contributed by atoms with Crippen molar-refractivity contribution in [3.63, 3.8) is 0 Å². The van der Waals surface area contributed by atoms with Crippen molar-refractivity contribution in [2.45, 2.75) is 46.3 Å². The first-order valence-corrected chi connectivity index (χ1v) is 7.62. The summed E-state index contributed by atoms with van der Waals surface area (Å²) in [5.41, 5.74) is 1.73. The molecule has 0 aliphatic heterocycles. The molecule has 1 atom stereocenters. The van der Waals surface area contributed by atoms with Crippen molar-refractivity contribution in [3.8, 4) is 0 Å². The van der Waals surface area contributed by atoms with Crippen LogP contribution in [0, 0.1) is 5.92 Å². The number of amides is 1. The van der Waals surface area contributed by atoms with Crippen molar-refractivity contribution < 1.29 is 14.6 Å². The van der Waals surface area contributed by atoms with Gasteiger partial charge in [0.25, 0.3) is 5.91 Å². The Morgan fingerprint density at radius 1 is 1.24 bits per heavy atom. The van der Waals surface area contributed by atoms with Crippen molar-refractivity contribution in [1.82, 2.24) is 5.32 Å². The summed E-state index contributed by atoms with van der Waals surface area (Å²) in [6.45, 7) is 7.41. The molecular formula is C17H27NO3. The van der Waals surface area contributed by atoms with Gasteiger partial charge in [0.15, 0.2) is 0 Å². The third kappa shape index (κ3) is 7.25. The summed E-state index contributed by atoms with van der Waals surface area (Å²) in [7, 11) is 0. The molecule has 1 unspecified atom stereocenters. The summed E-state index contributed by atoms with van der Waals surface area (Å²) in [6.07, 6.45) is 2.00. The number of nitrogens with one attached hydrogen (secondary N) is 1. The van der Waals surface area contributed by atoms with Gasteiger partial charge in [0.2, 0.25) is 0 Å². The molecule has 0 fully saturated rings. The number of aliphatic hydroxyl groups excluding tert-OH is 1. The van der Waals surface area contributed by atoms with Crippen molar-refractivity contribution in [3.05, 3.63) is 35.4 Å². The zero-order chi connectivity index (χ0) is 15.7. The number of carbonyl (C=O) groups is 1. The Balaban J connectivity index is 2.34. The van der Waals surface area contributed by atoms with Crippen LogP contribution >= 0.6 is 0 Å². The second-order valence-corrected chi connectivity index (χ2v) is 5.74. The monoisotopic (exact) mass is 293 g/mol. The molecule has 4 heteroatoms. The minimum absolute atomic E-state index is 0.0528. The topological polar surface area (TPSA) is 58.6 Å². The molecule has 1 rings (SSSR count). The van der Waals surface area contributed by atoms with Gasteiger partial charge in [-0.25, -0.2) is 0 Å². The van der Waals surface area contributed by atoms with E-state index in [9.17, 15) is 4.79 Å². The van der Waals surface area contributed by atoms with E-state index in [-0.39, 0.29) is 18.6 Å². The van der Waals surface area contributed by atoms with Crippen LogP contribution in [0.3, 0.4) is 0 Å². The van der Waals surface area contributed by atoms with Gasteiger partial charge in [0.05, 0.1) is 12.7 Å². The van der Waals surface area contributed by atoms with Gasteiger partial charge < -0.3 is 15.2 Å². The maximum absolute atomic E-state index is 11.9. The first-order valence-electron chi connectivity index (χ1n) is 7.62.